The van der Waals surface area contributed by atoms with E-state index in [0.717, 1.165) is 25.6 Å². The van der Waals surface area contributed by atoms with E-state index in [1.165, 1.54) is 26.1 Å². The summed E-state index contributed by atoms with van der Waals surface area (Å²) in [6, 6.07) is 0. The molecule has 0 aromatic rings. The van der Waals surface area contributed by atoms with E-state index in [1.54, 1.807) is 0 Å². The molecule has 1 aliphatic heterocycles. The first-order chi connectivity index (χ1) is 8.33. The molecule has 0 bridgehead atoms. The Morgan fingerprint density at radius 2 is 1.61 bits per heavy atom. The van der Waals surface area contributed by atoms with Crippen LogP contribution >= 0.6 is 0 Å². The topological polar surface area (TPSA) is 29.4 Å². The third kappa shape index (κ3) is 15.0. The van der Waals surface area contributed by atoms with Crippen molar-refractivity contribution < 1.29 is 32.7 Å². The van der Waals surface area contributed by atoms with Crippen LogP contribution in [0, 0.1) is 5.92 Å². The Bertz CT molecular complexity index is 128. The number of nitrogens with one attached hydrogen (secondary N) is 1. The van der Waals surface area contributed by atoms with Gasteiger partial charge in [-0.05, 0) is 39.0 Å². The van der Waals surface area contributed by atoms with Crippen LogP contribution in [0.5, 0.6) is 0 Å². The molecule has 1 saturated heterocycles. The largest absolute Gasteiger partial charge is 0.660 e. The SMILES string of the molecule is CC.CC.CNCCC(C)CN1CC[N-]CC1.[Y]. The maximum absolute atomic E-state index is 4.34. The van der Waals surface area contributed by atoms with Gasteiger partial charge in [0.2, 0.25) is 0 Å². The first-order valence-electron chi connectivity index (χ1n) is 7.33. The molecule has 1 N–H and O–H groups in total. The second-order valence-electron chi connectivity index (χ2n) is 3.97. The van der Waals surface area contributed by atoms with Crippen molar-refractivity contribution in [3.05, 3.63) is 5.32 Å². The van der Waals surface area contributed by atoms with Crippen LogP contribution in [-0.4, -0.2) is 51.2 Å². The summed E-state index contributed by atoms with van der Waals surface area (Å²) in [6.07, 6.45) is 1.28. The quantitative estimate of drug-likeness (QED) is 0.838. The zero-order chi connectivity index (χ0) is 13.5. The van der Waals surface area contributed by atoms with E-state index in [0.29, 0.717) is 0 Å². The number of nitrogens with zero attached hydrogens (tertiary/aromatic N) is 2. The number of rotatable bonds is 5. The van der Waals surface area contributed by atoms with Gasteiger partial charge < -0.3 is 15.5 Å². The van der Waals surface area contributed by atoms with Gasteiger partial charge in [0.25, 0.3) is 0 Å². The van der Waals surface area contributed by atoms with E-state index in [1.807, 2.05) is 34.7 Å². The molecule has 3 nitrogen and oxygen atoms in total. The Morgan fingerprint density at radius 1 is 1.11 bits per heavy atom. The fourth-order valence-electron chi connectivity index (χ4n) is 1.75. The van der Waals surface area contributed by atoms with Crippen molar-refractivity contribution in [2.75, 3.05) is 46.3 Å². The normalized spacial score (nSPS) is 16.3. The summed E-state index contributed by atoms with van der Waals surface area (Å²) in [5.74, 6) is 0.811. The molecule has 1 fully saturated rings. The fraction of sp³-hybridized carbons (Fsp3) is 1.00. The summed E-state index contributed by atoms with van der Waals surface area (Å²) in [6.45, 7) is 17.1. The Hall–Kier alpha value is 0.984. The minimum Gasteiger partial charge on any atom is -0.660 e. The zero-order valence-corrected chi connectivity index (χ0v) is 16.3. The van der Waals surface area contributed by atoms with Gasteiger partial charge in [-0.1, -0.05) is 34.6 Å². The summed E-state index contributed by atoms with van der Waals surface area (Å²) < 4.78 is 0. The molecule has 0 aromatic carbocycles. The molecule has 1 atom stereocenters. The van der Waals surface area contributed by atoms with Gasteiger partial charge in [-0.3, -0.25) is 0 Å². The molecule has 1 rings (SSSR count). The van der Waals surface area contributed by atoms with Gasteiger partial charge in [0, 0.05) is 39.3 Å². The average molecular weight is 333 g/mol. The summed E-state index contributed by atoms with van der Waals surface area (Å²) >= 11 is 0. The molecule has 1 radical (unpaired) electrons. The molecule has 0 aromatic heterocycles. The van der Waals surface area contributed by atoms with Gasteiger partial charge >= 0.3 is 0 Å². The molecule has 109 valence electrons. The van der Waals surface area contributed by atoms with E-state index < -0.39 is 0 Å². The third-order valence-electron chi connectivity index (χ3n) is 2.61. The minimum absolute atomic E-state index is 0. The number of hydrogen-bond donors (Lipinski definition) is 1. The van der Waals surface area contributed by atoms with Crippen molar-refractivity contribution in [3.8, 4) is 0 Å². The van der Waals surface area contributed by atoms with Crippen molar-refractivity contribution in [1.29, 1.82) is 0 Å². The van der Waals surface area contributed by atoms with Crippen LogP contribution in [0.1, 0.15) is 41.0 Å². The van der Waals surface area contributed by atoms with Gasteiger partial charge in [0.15, 0.2) is 0 Å². The summed E-state index contributed by atoms with van der Waals surface area (Å²) in [5.41, 5.74) is 0. The van der Waals surface area contributed by atoms with Gasteiger partial charge in [0.05, 0.1) is 0 Å². The van der Waals surface area contributed by atoms with E-state index in [4.69, 9.17) is 0 Å². The number of piperazine rings is 1. The van der Waals surface area contributed by atoms with Crippen molar-refractivity contribution in [1.82, 2.24) is 10.2 Å². The summed E-state index contributed by atoms with van der Waals surface area (Å²) in [7, 11) is 2.02. The van der Waals surface area contributed by atoms with Crippen molar-refractivity contribution in [2.45, 2.75) is 41.0 Å². The maximum atomic E-state index is 4.34. The van der Waals surface area contributed by atoms with Crippen LogP contribution in [-0.2, 0) is 32.7 Å². The van der Waals surface area contributed by atoms with Crippen molar-refractivity contribution in [2.24, 2.45) is 5.92 Å². The van der Waals surface area contributed by atoms with Gasteiger partial charge in [-0.2, -0.15) is 0 Å². The second-order valence-corrected chi connectivity index (χ2v) is 3.97. The molecule has 0 aliphatic carbocycles. The molecule has 0 saturated carbocycles. The smallest absolute Gasteiger partial charge is 0.000608 e. The van der Waals surface area contributed by atoms with E-state index >= 15 is 0 Å². The summed E-state index contributed by atoms with van der Waals surface area (Å²) in [4.78, 5) is 2.54. The molecule has 0 amide bonds. The average Bonchev–Trinajstić information content (AvgIpc) is 2.42. The summed E-state index contributed by atoms with van der Waals surface area (Å²) in [5, 5.41) is 7.54. The predicted octanol–water partition coefficient (Wildman–Crippen LogP) is 2.97. The Balaban J connectivity index is -0.000000409. The molecule has 1 unspecified atom stereocenters. The first kappa shape index (κ1) is 24.0. The maximum Gasteiger partial charge on any atom is 0.000608 e. The standard InChI is InChI=1S/C10H22N3.2C2H6.Y/c1-10(3-4-11-2)9-13-7-5-12-6-8-13;2*1-2;/h10-11H,3-9H2,1-2H3;2*1-2H3;/q-1;;;. The zero-order valence-electron chi connectivity index (χ0n) is 13.5. The monoisotopic (exact) mass is 333 g/mol. The van der Waals surface area contributed by atoms with Crippen LogP contribution in [0.2, 0.25) is 0 Å². The van der Waals surface area contributed by atoms with Crippen molar-refractivity contribution >= 4 is 0 Å². The molecular weight excluding hydrogens is 299 g/mol. The van der Waals surface area contributed by atoms with E-state index in [2.05, 4.69) is 22.5 Å². The Morgan fingerprint density at radius 3 is 2.06 bits per heavy atom. The molecule has 1 heterocycles. The van der Waals surface area contributed by atoms with Gasteiger partial charge in [-0.15, -0.1) is 13.1 Å². The molecule has 1 aliphatic rings. The van der Waals surface area contributed by atoms with Crippen LogP contribution in [0.25, 0.3) is 5.32 Å². The molecule has 4 heteroatoms. The molecule has 18 heavy (non-hydrogen) atoms. The van der Waals surface area contributed by atoms with E-state index in [-0.39, 0.29) is 32.7 Å². The predicted molar refractivity (Wildman–Crippen MR) is 79.9 cm³/mol. The van der Waals surface area contributed by atoms with Crippen LogP contribution in [0.4, 0.5) is 0 Å². The molecular formula is C14H34N3Y-. The van der Waals surface area contributed by atoms with Crippen molar-refractivity contribution in [3.63, 3.8) is 0 Å². The van der Waals surface area contributed by atoms with E-state index in [9.17, 15) is 0 Å². The van der Waals surface area contributed by atoms with Crippen LogP contribution in [0.15, 0.2) is 0 Å². The Labute approximate surface area is 141 Å². The second kappa shape index (κ2) is 20.3. The first-order valence-corrected chi connectivity index (χ1v) is 7.33. The van der Waals surface area contributed by atoms with Crippen LogP contribution in [0.3, 0.4) is 0 Å². The minimum atomic E-state index is 0. The Kier molecular flexibility index (Phi) is 27.1. The van der Waals surface area contributed by atoms with Gasteiger partial charge in [-0.25, -0.2) is 0 Å². The van der Waals surface area contributed by atoms with Gasteiger partial charge in [0.1, 0.15) is 0 Å². The number of hydrogen-bond acceptors (Lipinski definition) is 2. The third-order valence-corrected chi connectivity index (χ3v) is 2.61. The van der Waals surface area contributed by atoms with Crippen LogP contribution < -0.4 is 5.32 Å². The fourth-order valence-corrected chi connectivity index (χ4v) is 1.75. The molecule has 0 spiro atoms.